The molecule has 0 saturated carbocycles. The fraction of sp³-hybridized carbons (Fsp3) is 0.562. The lowest BCUT2D eigenvalue weighted by molar-refractivity contribution is -0.385. The summed E-state index contributed by atoms with van der Waals surface area (Å²) in [6.07, 6.45) is -3.15. The molecular formula is C16H24N2O7. The van der Waals surface area contributed by atoms with Gasteiger partial charge in [0, 0.05) is 12.6 Å². The van der Waals surface area contributed by atoms with Crippen molar-refractivity contribution in [3.8, 4) is 5.75 Å². The Hall–Kier alpha value is -2.39. The molecule has 1 aromatic rings. The number of alkyl carbamates (subject to hydrolysis) is 1. The largest absolute Gasteiger partial charge is 0.490 e. The third-order valence-corrected chi connectivity index (χ3v) is 3.21. The third kappa shape index (κ3) is 6.55. The van der Waals surface area contributed by atoms with Crippen LogP contribution in [-0.4, -0.2) is 46.6 Å². The molecule has 1 amide bonds. The number of carbonyl (C=O) groups excluding carboxylic acids is 1. The van der Waals surface area contributed by atoms with Crippen molar-refractivity contribution < 1.29 is 29.4 Å². The molecule has 2 unspecified atom stereocenters. The Morgan fingerprint density at radius 1 is 1.36 bits per heavy atom. The number of aliphatic hydroxyl groups excluding tert-OH is 2. The van der Waals surface area contributed by atoms with E-state index in [1.165, 1.54) is 19.2 Å². The first kappa shape index (κ1) is 20.7. The summed E-state index contributed by atoms with van der Waals surface area (Å²) in [6, 6.07) is 3.93. The monoisotopic (exact) mass is 356 g/mol. The Bertz CT molecular complexity index is 613. The highest BCUT2D eigenvalue weighted by molar-refractivity contribution is 5.67. The van der Waals surface area contributed by atoms with Crippen molar-refractivity contribution in [2.45, 2.75) is 45.0 Å². The number of hydrogen-bond donors (Lipinski definition) is 3. The van der Waals surface area contributed by atoms with Gasteiger partial charge in [-0.3, -0.25) is 10.1 Å². The van der Waals surface area contributed by atoms with Crippen LogP contribution in [0, 0.1) is 10.1 Å². The molecule has 0 aliphatic rings. The lowest BCUT2D eigenvalue weighted by Crippen LogP contribution is -2.34. The third-order valence-electron chi connectivity index (χ3n) is 3.21. The topological polar surface area (TPSA) is 131 Å². The minimum absolute atomic E-state index is 0.0419. The van der Waals surface area contributed by atoms with Crippen molar-refractivity contribution in [3.63, 3.8) is 0 Å². The number of amides is 1. The van der Waals surface area contributed by atoms with Crippen LogP contribution in [0.1, 0.15) is 38.9 Å². The highest BCUT2D eigenvalue weighted by atomic mass is 16.6. The molecule has 9 heteroatoms. The summed E-state index contributed by atoms with van der Waals surface area (Å²) in [6.45, 7) is 5.25. The van der Waals surface area contributed by atoms with E-state index in [2.05, 4.69) is 5.32 Å². The molecule has 3 N–H and O–H groups in total. The van der Waals surface area contributed by atoms with E-state index in [-0.39, 0.29) is 30.0 Å². The second kappa shape index (κ2) is 8.63. The van der Waals surface area contributed by atoms with Gasteiger partial charge in [-0.2, -0.15) is 0 Å². The van der Waals surface area contributed by atoms with Gasteiger partial charge in [-0.05, 0) is 38.8 Å². The van der Waals surface area contributed by atoms with E-state index in [0.29, 0.717) is 0 Å². The molecular weight excluding hydrogens is 332 g/mol. The number of methoxy groups -OCH3 is 1. The zero-order valence-electron chi connectivity index (χ0n) is 14.7. The summed E-state index contributed by atoms with van der Waals surface area (Å²) in [5.41, 5.74) is -0.764. The van der Waals surface area contributed by atoms with Crippen LogP contribution in [-0.2, 0) is 4.74 Å². The Kier molecular flexibility index (Phi) is 7.13. The second-order valence-corrected chi connectivity index (χ2v) is 6.42. The van der Waals surface area contributed by atoms with E-state index in [0.717, 1.165) is 6.07 Å². The first-order valence-corrected chi connectivity index (χ1v) is 7.70. The fourth-order valence-electron chi connectivity index (χ4n) is 2.05. The summed E-state index contributed by atoms with van der Waals surface area (Å²) in [7, 11) is 1.30. The highest BCUT2D eigenvalue weighted by Gasteiger charge is 2.23. The molecule has 140 valence electrons. The van der Waals surface area contributed by atoms with E-state index in [1.807, 2.05) is 0 Å². The van der Waals surface area contributed by atoms with Crippen molar-refractivity contribution >= 4 is 11.8 Å². The molecule has 2 atom stereocenters. The molecule has 0 fully saturated rings. The van der Waals surface area contributed by atoms with E-state index >= 15 is 0 Å². The Labute approximate surface area is 145 Å². The first-order chi connectivity index (χ1) is 11.5. The molecule has 0 aliphatic heterocycles. The fourth-order valence-corrected chi connectivity index (χ4v) is 2.05. The molecule has 0 saturated heterocycles. The average molecular weight is 356 g/mol. The Morgan fingerprint density at radius 2 is 2.00 bits per heavy atom. The second-order valence-electron chi connectivity index (χ2n) is 6.42. The summed E-state index contributed by atoms with van der Waals surface area (Å²) >= 11 is 0. The Balaban J connectivity index is 2.64. The zero-order chi connectivity index (χ0) is 19.2. The molecule has 0 aromatic heterocycles. The summed E-state index contributed by atoms with van der Waals surface area (Å²) in [4.78, 5) is 21.9. The summed E-state index contributed by atoms with van der Waals surface area (Å²) < 4.78 is 9.93. The molecule has 1 rings (SSSR count). The van der Waals surface area contributed by atoms with Gasteiger partial charge < -0.3 is 25.0 Å². The van der Waals surface area contributed by atoms with Gasteiger partial charge in [-0.15, -0.1) is 0 Å². The average Bonchev–Trinajstić information content (AvgIpc) is 2.51. The van der Waals surface area contributed by atoms with Gasteiger partial charge in [0.2, 0.25) is 0 Å². The highest BCUT2D eigenvalue weighted by Crippen LogP contribution is 2.31. The first-order valence-electron chi connectivity index (χ1n) is 7.70. The van der Waals surface area contributed by atoms with E-state index in [9.17, 15) is 25.1 Å². The summed E-state index contributed by atoms with van der Waals surface area (Å²) in [5.74, 6) is 0.0574. The van der Waals surface area contributed by atoms with Crippen molar-refractivity contribution in [2.24, 2.45) is 0 Å². The number of nitrogens with one attached hydrogen (secondary N) is 1. The molecule has 0 spiro atoms. The lowest BCUT2D eigenvalue weighted by atomic mass is 10.0. The molecule has 0 radical (unpaired) electrons. The lowest BCUT2D eigenvalue weighted by Gasteiger charge is -2.21. The van der Waals surface area contributed by atoms with Gasteiger partial charge in [-0.1, -0.05) is 6.07 Å². The maximum Gasteiger partial charge on any atom is 0.407 e. The number of nitrogens with zero attached hydrogens (tertiary/aromatic N) is 1. The number of hydrogen-bond acceptors (Lipinski definition) is 7. The predicted molar refractivity (Wildman–Crippen MR) is 89.5 cm³/mol. The van der Waals surface area contributed by atoms with Gasteiger partial charge in [0.15, 0.2) is 5.75 Å². The number of rotatable bonds is 7. The zero-order valence-corrected chi connectivity index (χ0v) is 14.7. The summed E-state index contributed by atoms with van der Waals surface area (Å²) in [5, 5.41) is 33.7. The van der Waals surface area contributed by atoms with Crippen LogP contribution < -0.4 is 10.1 Å². The van der Waals surface area contributed by atoms with E-state index < -0.39 is 28.8 Å². The van der Waals surface area contributed by atoms with Gasteiger partial charge in [0.1, 0.15) is 11.7 Å². The smallest absolute Gasteiger partial charge is 0.407 e. The minimum atomic E-state index is -1.34. The normalized spacial score (nSPS) is 13.7. The van der Waals surface area contributed by atoms with Crippen molar-refractivity contribution in [3.05, 3.63) is 33.9 Å². The van der Waals surface area contributed by atoms with Crippen LogP contribution in [0.2, 0.25) is 0 Å². The number of nitro groups is 1. The number of nitro benzene ring substituents is 1. The quantitative estimate of drug-likeness (QED) is 0.502. The van der Waals surface area contributed by atoms with Crippen LogP contribution >= 0.6 is 0 Å². The van der Waals surface area contributed by atoms with Crippen molar-refractivity contribution in [1.82, 2.24) is 5.32 Å². The van der Waals surface area contributed by atoms with E-state index in [1.54, 1.807) is 20.8 Å². The molecule has 0 heterocycles. The molecule has 1 aromatic carbocycles. The van der Waals surface area contributed by atoms with Crippen LogP contribution in [0.25, 0.3) is 0 Å². The van der Waals surface area contributed by atoms with Crippen molar-refractivity contribution in [1.29, 1.82) is 0 Å². The number of aliphatic hydroxyl groups is 2. The van der Waals surface area contributed by atoms with Gasteiger partial charge in [0.05, 0.1) is 18.1 Å². The van der Waals surface area contributed by atoms with Crippen LogP contribution in [0.4, 0.5) is 10.5 Å². The Morgan fingerprint density at radius 3 is 2.52 bits per heavy atom. The van der Waals surface area contributed by atoms with Gasteiger partial charge >= 0.3 is 11.8 Å². The number of ether oxygens (including phenoxy) is 2. The minimum Gasteiger partial charge on any atom is -0.490 e. The SMILES string of the molecule is COc1ccc(C(O)C(O)CCNC(=O)OC(C)(C)C)cc1[N+](=O)[O-]. The standard InChI is InChI=1S/C16H24N2O7/c1-16(2,3)25-15(21)17-8-7-12(19)14(20)10-5-6-13(24-4)11(9-10)18(22)23/h5-6,9,12,14,19-20H,7-8H2,1-4H3,(H,17,21). The van der Waals surface area contributed by atoms with Gasteiger partial charge in [-0.25, -0.2) is 4.79 Å². The van der Waals surface area contributed by atoms with E-state index in [4.69, 9.17) is 9.47 Å². The maximum absolute atomic E-state index is 11.5. The number of carbonyl (C=O) groups is 1. The number of benzene rings is 1. The molecule has 9 nitrogen and oxygen atoms in total. The molecule has 0 bridgehead atoms. The van der Waals surface area contributed by atoms with Crippen molar-refractivity contribution in [2.75, 3.05) is 13.7 Å². The van der Waals surface area contributed by atoms with Gasteiger partial charge in [0.25, 0.3) is 0 Å². The van der Waals surface area contributed by atoms with Crippen LogP contribution in [0.15, 0.2) is 18.2 Å². The maximum atomic E-state index is 11.5. The molecule has 0 aliphatic carbocycles. The predicted octanol–water partition coefficient (Wildman–Crippen LogP) is 1.91. The van der Waals surface area contributed by atoms with Crippen LogP contribution in [0.5, 0.6) is 5.75 Å². The molecule has 25 heavy (non-hydrogen) atoms. The van der Waals surface area contributed by atoms with Crippen LogP contribution in [0.3, 0.4) is 0 Å².